The summed E-state index contributed by atoms with van der Waals surface area (Å²) in [6.45, 7) is 0.804. The first kappa shape index (κ1) is 12.5. The first-order chi connectivity index (χ1) is 7.42. The Balaban J connectivity index is 2.71. The zero-order chi connectivity index (χ0) is 12.2. The molecule has 2 N–H and O–H groups in total. The number of alkyl halides is 3. The van der Waals surface area contributed by atoms with Crippen molar-refractivity contribution >= 4 is 5.69 Å². The molecule has 6 heteroatoms. The maximum Gasteiger partial charge on any atom is 0.422 e. The molecule has 0 atom stereocenters. The van der Waals surface area contributed by atoms with E-state index in [-0.39, 0.29) is 5.75 Å². The van der Waals surface area contributed by atoms with Crippen LogP contribution in [0.15, 0.2) is 18.2 Å². The molecule has 0 saturated heterocycles. The third kappa shape index (κ3) is 3.88. The lowest BCUT2D eigenvalue weighted by molar-refractivity contribution is -0.153. The van der Waals surface area contributed by atoms with Crippen LogP contribution >= 0.6 is 0 Å². The minimum Gasteiger partial charge on any atom is -0.492 e. The molecular weight excluding hydrogens is 223 g/mol. The maximum atomic E-state index is 11.9. The molecule has 0 aliphatic rings. The summed E-state index contributed by atoms with van der Waals surface area (Å²) in [6.07, 6.45) is -4.35. The summed E-state index contributed by atoms with van der Waals surface area (Å²) in [4.78, 5) is 0. The normalized spacial score (nSPS) is 11.2. The van der Waals surface area contributed by atoms with Crippen LogP contribution < -0.4 is 15.2 Å². The molecule has 0 fully saturated rings. The topological polar surface area (TPSA) is 44.5 Å². The first-order valence-corrected chi connectivity index (χ1v) is 4.64. The van der Waals surface area contributed by atoms with Gasteiger partial charge in [-0.15, -0.1) is 0 Å². The summed E-state index contributed by atoms with van der Waals surface area (Å²) >= 11 is 0. The van der Waals surface area contributed by atoms with Gasteiger partial charge in [-0.05, 0) is 19.1 Å². The minimum atomic E-state index is -4.35. The summed E-state index contributed by atoms with van der Waals surface area (Å²) in [5.74, 6) is 0.400. The van der Waals surface area contributed by atoms with Gasteiger partial charge in [0.05, 0.1) is 12.3 Å². The lowest BCUT2D eigenvalue weighted by atomic mass is 10.3. The van der Waals surface area contributed by atoms with Crippen LogP contribution in [0.2, 0.25) is 0 Å². The Morgan fingerprint density at radius 3 is 2.50 bits per heavy atom. The summed E-state index contributed by atoms with van der Waals surface area (Å²) in [5.41, 5.74) is 5.92. The van der Waals surface area contributed by atoms with Gasteiger partial charge in [0.2, 0.25) is 0 Å². The Labute approximate surface area is 91.0 Å². The third-order valence-electron chi connectivity index (χ3n) is 1.69. The minimum absolute atomic E-state index is 0.0787. The fourth-order valence-corrected chi connectivity index (χ4v) is 1.05. The molecule has 1 aromatic carbocycles. The Bertz CT molecular complexity index is 352. The monoisotopic (exact) mass is 235 g/mol. The van der Waals surface area contributed by atoms with Crippen LogP contribution in [0.4, 0.5) is 18.9 Å². The molecule has 3 nitrogen and oxygen atoms in total. The molecule has 0 amide bonds. The highest BCUT2D eigenvalue weighted by Crippen LogP contribution is 2.28. The van der Waals surface area contributed by atoms with E-state index in [1.54, 1.807) is 6.92 Å². The van der Waals surface area contributed by atoms with Crippen LogP contribution in [0.1, 0.15) is 6.92 Å². The first-order valence-electron chi connectivity index (χ1n) is 4.64. The zero-order valence-corrected chi connectivity index (χ0v) is 8.67. The zero-order valence-electron chi connectivity index (χ0n) is 8.67. The number of benzene rings is 1. The highest BCUT2D eigenvalue weighted by atomic mass is 19.4. The number of ether oxygens (including phenoxy) is 2. The predicted octanol–water partition coefficient (Wildman–Crippen LogP) is 2.61. The van der Waals surface area contributed by atoms with E-state index in [9.17, 15) is 13.2 Å². The molecule has 1 rings (SSSR count). The Morgan fingerprint density at radius 2 is 1.94 bits per heavy atom. The van der Waals surface area contributed by atoms with Gasteiger partial charge >= 0.3 is 6.18 Å². The van der Waals surface area contributed by atoms with Crippen LogP contribution in [0, 0.1) is 0 Å². The number of hydrogen-bond donors (Lipinski definition) is 1. The average molecular weight is 235 g/mol. The fourth-order valence-electron chi connectivity index (χ4n) is 1.05. The van der Waals surface area contributed by atoms with E-state index in [0.29, 0.717) is 18.0 Å². The summed E-state index contributed by atoms with van der Waals surface area (Å²) in [6, 6.07) is 4.14. The molecule has 0 saturated carbocycles. The van der Waals surface area contributed by atoms with Crippen LogP contribution in [0.25, 0.3) is 0 Å². The SMILES string of the molecule is CCOc1cc(OCC(F)(F)F)ccc1N. The molecule has 0 aliphatic carbocycles. The fraction of sp³-hybridized carbons (Fsp3) is 0.400. The number of anilines is 1. The number of nitrogens with two attached hydrogens (primary N) is 1. The van der Waals surface area contributed by atoms with Crippen molar-refractivity contribution in [2.45, 2.75) is 13.1 Å². The van der Waals surface area contributed by atoms with E-state index in [0.717, 1.165) is 0 Å². The van der Waals surface area contributed by atoms with Crippen molar-refractivity contribution in [2.75, 3.05) is 18.9 Å². The summed E-state index contributed by atoms with van der Waals surface area (Å²) in [5, 5.41) is 0. The van der Waals surface area contributed by atoms with Crippen molar-refractivity contribution in [3.63, 3.8) is 0 Å². The van der Waals surface area contributed by atoms with Crippen molar-refractivity contribution in [2.24, 2.45) is 0 Å². The van der Waals surface area contributed by atoms with Gasteiger partial charge < -0.3 is 15.2 Å². The highest BCUT2D eigenvalue weighted by Gasteiger charge is 2.28. The molecule has 0 radical (unpaired) electrons. The van der Waals surface area contributed by atoms with Gasteiger partial charge in [0, 0.05) is 6.07 Å². The molecule has 0 heterocycles. The maximum absolute atomic E-state index is 11.9. The smallest absolute Gasteiger partial charge is 0.422 e. The van der Waals surface area contributed by atoms with Gasteiger partial charge in [-0.2, -0.15) is 13.2 Å². The van der Waals surface area contributed by atoms with E-state index >= 15 is 0 Å². The van der Waals surface area contributed by atoms with Crippen LogP contribution in [0.3, 0.4) is 0 Å². The van der Waals surface area contributed by atoms with Gasteiger partial charge in [0.25, 0.3) is 0 Å². The van der Waals surface area contributed by atoms with Gasteiger partial charge in [0.15, 0.2) is 6.61 Å². The average Bonchev–Trinajstić information content (AvgIpc) is 2.18. The van der Waals surface area contributed by atoms with Crippen molar-refractivity contribution in [3.05, 3.63) is 18.2 Å². The second kappa shape index (κ2) is 4.96. The highest BCUT2D eigenvalue weighted by molar-refractivity contribution is 5.55. The molecule has 0 aliphatic heterocycles. The standard InChI is InChI=1S/C10H12F3NO2/c1-2-15-9-5-7(3-4-8(9)14)16-6-10(11,12)13/h3-5H,2,6,14H2,1H3. The molecule has 0 unspecified atom stereocenters. The largest absolute Gasteiger partial charge is 0.492 e. The van der Waals surface area contributed by atoms with E-state index in [1.165, 1.54) is 18.2 Å². The van der Waals surface area contributed by atoms with Gasteiger partial charge in [-0.1, -0.05) is 0 Å². The molecule has 0 bridgehead atoms. The van der Waals surface area contributed by atoms with E-state index in [1.807, 2.05) is 0 Å². The predicted molar refractivity (Wildman–Crippen MR) is 53.6 cm³/mol. The number of halogens is 3. The molecule has 16 heavy (non-hydrogen) atoms. The lowest BCUT2D eigenvalue weighted by Gasteiger charge is -2.11. The quantitative estimate of drug-likeness (QED) is 0.816. The second-order valence-corrected chi connectivity index (χ2v) is 3.04. The summed E-state index contributed by atoms with van der Waals surface area (Å²) < 4.78 is 45.3. The molecule has 0 aromatic heterocycles. The number of hydrogen-bond acceptors (Lipinski definition) is 3. The van der Waals surface area contributed by atoms with Gasteiger partial charge in [0.1, 0.15) is 11.5 Å². The van der Waals surface area contributed by atoms with Crippen LogP contribution in [-0.2, 0) is 0 Å². The van der Waals surface area contributed by atoms with Gasteiger partial charge in [-0.25, -0.2) is 0 Å². The molecular formula is C10H12F3NO2. The number of nitrogen functional groups attached to an aromatic ring is 1. The Hall–Kier alpha value is -1.59. The second-order valence-electron chi connectivity index (χ2n) is 3.04. The number of rotatable bonds is 4. The van der Waals surface area contributed by atoms with Gasteiger partial charge in [-0.3, -0.25) is 0 Å². The van der Waals surface area contributed by atoms with Crippen LogP contribution in [0.5, 0.6) is 11.5 Å². The van der Waals surface area contributed by atoms with Crippen molar-refractivity contribution < 1.29 is 22.6 Å². The molecule has 90 valence electrons. The lowest BCUT2D eigenvalue weighted by Crippen LogP contribution is -2.19. The Morgan fingerprint density at radius 1 is 1.25 bits per heavy atom. The third-order valence-corrected chi connectivity index (χ3v) is 1.69. The summed E-state index contributed by atoms with van der Waals surface area (Å²) in [7, 11) is 0. The van der Waals surface area contributed by atoms with E-state index in [2.05, 4.69) is 4.74 Å². The Kier molecular flexibility index (Phi) is 3.87. The van der Waals surface area contributed by atoms with E-state index in [4.69, 9.17) is 10.5 Å². The van der Waals surface area contributed by atoms with Crippen LogP contribution in [-0.4, -0.2) is 19.4 Å². The van der Waals surface area contributed by atoms with E-state index < -0.39 is 12.8 Å². The molecule has 1 aromatic rings. The van der Waals surface area contributed by atoms with Crippen molar-refractivity contribution in [1.82, 2.24) is 0 Å². The van der Waals surface area contributed by atoms with Crippen molar-refractivity contribution in [1.29, 1.82) is 0 Å². The van der Waals surface area contributed by atoms with Crippen molar-refractivity contribution in [3.8, 4) is 11.5 Å². The molecule has 0 spiro atoms.